The minimum absolute atomic E-state index is 0.124. The highest BCUT2D eigenvalue weighted by atomic mass is 31.0. The van der Waals surface area contributed by atoms with Gasteiger partial charge in [0, 0.05) is 17.8 Å². The molecule has 6 heteroatoms. The van der Waals surface area contributed by atoms with Crippen molar-refractivity contribution in [2.45, 2.75) is 56.9 Å². The average molecular weight is 306 g/mol. The highest BCUT2D eigenvalue weighted by molar-refractivity contribution is 7.18. The van der Waals surface area contributed by atoms with E-state index >= 15 is 0 Å². The number of allylic oxidation sites excluding steroid dienone is 3. The normalized spacial score (nSPS) is 28.6. The molecule has 1 atom stereocenters. The average Bonchev–Trinajstić information content (AvgIpc) is 2.29. The van der Waals surface area contributed by atoms with E-state index in [1.165, 1.54) is 6.92 Å². The van der Waals surface area contributed by atoms with Crippen molar-refractivity contribution in [3.8, 4) is 0 Å². The third-order valence-corrected chi connectivity index (χ3v) is 4.21. The van der Waals surface area contributed by atoms with Crippen molar-refractivity contribution >= 4 is 15.5 Å². The molecule has 0 bridgehead atoms. The zero-order valence-electron chi connectivity index (χ0n) is 11.9. The number of alkyl halides is 3. The fourth-order valence-electron chi connectivity index (χ4n) is 2.35. The smallest absolute Gasteiger partial charge is 0.378 e. The van der Waals surface area contributed by atoms with Gasteiger partial charge in [-0.25, -0.2) is 0 Å². The minimum Gasteiger partial charge on any atom is -0.378 e. The molecule has 0 aliphatic heterocycles. The maximum absolute atomic E-state index is 13.2. The predicted molar refractivity (Wildman–Crippen MR) is 80.2 cm³/mol. The molecule has 1 rings (SSSR count). The summed E-state index contributed by atoms with van der Waals surface area (Å²) in [6.07, 6.45) is -0.642. The summed E-state index contributed by atoms with van der Waals surface area (Å²) in [6, 6.07) is -0.199. The summed E-state index contributed by atoms with van der Waals surface area (Å²) in [7, 11) is 2.78. The van der Waals surface area contributed by atoms with Crippen LogP contribution in [0.25, 0.3) is 0 Å². The molecule has 2 nitrogen and oxygen atoms in total. The molecule has 1 aliphatic rings. The summed E-state index contributed by atoms with van der Waals surface area (Å²) in [5.74, 6) is 0. The van der Waals surface area contributed by atoms with Gasteiger partial charge in [-0.1, -0.05) is 13.5 Å². The summed E-state index contributed by atoms with van der Waals surface area (Å²) in [4.78, 5) is 0. The quantitative estimate of drug-likeness (QED) is 0.456. The first-order chi connectivity index (χ1) is 9.07. The zero-order chi connectivity index (χ0) is 15.6. The molecule has 2 N–H and O–H groups in total. The molecule has 0 saturated heterocycles. The van der Waals surface area contributed by atoms with Gasteiger partial charge in [-0.05, 0) is 43.3 Å². The van der Waals surface area contributed by atoms with E-state index in [0.717, 1.165) is 19.1 Å². The van der Waals surface area contributed by atoms with E-state index in [1.807, 2.05) is 0 Å². The van der Waals surface area contributed by atoms with Crippen LogP contribution in [0.15, 0.2) is 23.4 Å². The molecule has 1 aliphatic carbocycles. The van der Waals surface area contributed by atoms with Crippen molar-refractivity contribution in [3.63, 3.8) is 0 Å². The van der Waals surface area contributed by atoms with Crippen molar-refractivity contribution in [1.82, 2.24) is 5.32 Å². The molecule has 0 aromatic heterocycles. The Morgan fingerprint density at radius 3 is 2.25 bits per heavy atom. The highest BCUT2D eigenvalue weighted by Crippen LogP contribution is 2.37. The first-order valence-corrected chi connectivity index (χ1v) is 7.18. The predicted octanol–water partition coefficient (Wildman–Crippen LogP) is 4.19. The van der Waals surface area contributed by atoms with Gasteiger partial charge < -0.3 is 10.7 Å². The standard InChI is InChI=1S/C14H22F3N2P/c1-9(2)11(8-18)12(14(15,16)17)19-10-4-6-13(3,20)7-5-10/h8,10,18-19H,1,4-7,20H2,2-3H3/b12-11+,18-8?/t10-,13-. The summed E-state index contributed by atoms with van der Waals surface area (Å²) in [5, 5.41) is 9.92. The second-order valence-corrected chi connectivity index (χ2v) is 7.18. The third kappa shape index (κ3) is 4.62. The van der Waals surface area contributed by atoms with Crippen molar-refractivity contribution in [2.75, 3.05) is 0 Å². The molecule has 1 saturated carbocycles. The van der Waals surface area contributed by atoms with Crippen LogP contribution in [0.2, 0.25) is 0 Å². The lowest BCUT2D eigenvalue weighted by molar-refractivity contribution is -0.0985. The molecule has 0 aromatic carbocycles. The molecule has 0 radical (unpaired) electrons. The Labute approximate surface area is 120 Å². The second-order valence-electron chi connectivity index (χ2n) is 5.78. The molecule has 20 heavy (non-hydrogen) atoms. The van der Waals surface area contributed by atoms with Crippen molar-refractivity contribution in [1.29, 1.82) is 5.41 Å². The fourth-order valence-corrected chi connectivity index (χ4v) is 2.68. The van der Waals surface area contributed by atoms with Gasteiger partial charge in [-0.15, -0.1) is 9.24 Å². The SMILES string of the molecule is C=C(C)/C(C=N)=C(/N[C@H]1CC[C@](C)(P)CC1)C(F)(F)F. The van der Waals surface area contributed by atoms with Gasteiger partial charge in [0.15, 0.2) is 0 Å². The van der Waals surface area contributed by atoms with Crippen LogP contribution in [-0.2, 0) is 0 Å². The first kappa shape index (κ1) is 17.2. The lowest BCUT2D eigenvalue weighted by Gasteiger charge is -2.35. The van der Waals surface area contributed by atoms with E-state index in [4.69, 9.17) is 5.41 Å². The van der Waals surface area contributed by atoms with Crippen LogP contribution in [0, 0.1) is 5.41 Å². The van der Waals surface area contributed by atoms with Crippen molar-refractivity contribution in [3.05, 3.63) is 23.4 Å². The number of hydrogen-bond donors (Lipinski definition) is 2. The van der Waals surface area contributed by atoms with Gasteiger partial charge in [0.1, 0.15) is 5.70 Å². The monoisotopic (exact) mass is 306 g/mol. The van der Waals surface area contributed by atoms with Crippen LogP contribution in [-0.4, -0.2) is 23.6 Å². The molecule has 0 amide bonds. The summed E-state index contributed by atoms with van der Waals surface area (Å²) in [6.45, 7) is 7.11. The van der Waals surface area contributed by atoms with Gasteiger partial charge >= 0.3 is 6.18 Å². The van der Waals surface area contributed by atoms with Crippen LogP contribution in [0.3, 0.4) is 0 Å². The maximum Gasteiger partial charge on any atom is 0.431 e. The van der Waals surface area contributed by atoms with Crippen molar-refractivity contribution in [2.24, 2.45) is 0 Å². The Bertz CT molecular complexity index is 415. The molecular formula is C14H22F3N2P. The highest BCUT2D eigenvalue weighted by Gasteiger charge is 2.38. The lowest BCUT2D eigenvalue weighted by atomic mass is 9.86. The van der Waals surface area contributed by atoms with E-state index in [1.54, 1.807) is 0 Å². The van der Waals surface area contributed by atoms with Gasteiger partial charge in [0.2, 0.25) is 0 Å². The summed E-state index contributed by atoms with van der Waals surface area (Å²) >= 11 is 0. The summed E-state index contributed by atoms with van der Waals surface area (Å²) < 4.78 is 39.5. The second kappa shape index (κ2) is 6.30. The van der Waals surface area contributed by atoms with E-state index in [2.05, 4.69) is 28.1 Å². The fraction of sp³-hybridized carbons (Fsp3) is 0.643. The Kier molecular flexibility index (Phi) is 5.42. The molecular weight excluding hydrogens is 284 g/mol. The largest absolute Gasteiger partial charge is 0.431 e. The number of rotatable bonds is 4. The van der Waals surface area contributed by atoms with E-state index in [9.17, 15) is 13.2 Å². The maximum atomic E-state index is 13.2. The van der Waals surface area contributed by atoms with Gasteiger partial charge in [-0.2, -0.15) is 13.2 Å². The van der Waals surface area contributed by atoms with Crippen molar-refractivity contribution < 1.29 is 13.2 Å². The lowest BCUT2D eigenvalue weighted by Crippen LogP contribution is -2.40. The Morgan fingerprint density at radius 2 is 1.90 bits per heavy atom. The van der Waals surface area contributed by atoms with E-state index < -0.39 is 11.9 Å². The number of nitrogens with one attached hydrogen (secondary N) is 2. The van der Waals surface area contributed by atoms with Crippen LogP contribution >= 0.6 is 9.24 Å². The van der Waals surface area contributed by atoms with Crippen LogP contribution < -0.4 is 5.32 Å². The topological polar surface area (TPSA) is 35.9 Å². The first-order valence-electron chi connectivity index (χ1n) is 6.60. The molecule has 1 fully saturated rings. The van der Waals surface area contributed by atoms with Gasteiger partial charge in [0.25, 0.3) is 0 Å². The number of hydrogen-bond acceptors (Lipinski definition) is 2. The molecule has 114 valence electrons. The number of halogens is 3. The third-order valence-electron chi connectivity index (χ3n) is 3.63. The Hall–Kier alpha value is -0.830. The Balaban J connectivity index is 2.94. The molecule has 0 aromatic rings. The zero-order valence-corrected chi connectivity index (χ0v) is 13.1. The van der Waals surface area contributed by atoms with Gasteiger partial charge in [-0.3, -0.25) is 0 Å². The van der Waals surface area contributed by atoms with E-state index in [-0.39, 0.29) is 22.3 Å². The van der Waals surface area contributed by atoms with Crippen LogP contribution in [0.1, 0.15) is 39.5 Å². The molecule has 0 heterocycles. The van der Waals surface area contributed by atoms with E-state index in [0.29, 0.717) is 12.8 Å². The molecule has 0 spiro atoms. The molecule has 1 unspecified atom stereocenters. The summed E-state index contributed by atoms with van der Waals surface area (Å²) in [5.41, 5.74) is -0.763. The van der Waals surface area contributed by atoms with Crippen LogP contribution in [0.5, 0.6) is 0 Å². The van der Waals surface area contributed by atoms with Crippen LogP contribution in [0.4, 0.5) is 13.2 Å². The Morgan fingerprint density at radius 1 is 1.40 bits per heavy atom. The van der Waals surface area contributed by atoms with Gasteiger partial charge in [0.05, 0.1) is 0 Å². The minimum atomic E-state index is -4.49.